The van der Waals surface area contributed by atoms with Gasteiger partial charge in [-0.05, 0) is 51.4 Å². The largest absolute Gasteiger partial charge is 0.466 e. The average molecular weight is 1250 g/mol. The minimum atomic E-state index is -1.58. The van der Waals surface area contributed by atoms with Gasteiger partial charge in [0.1, 0.15) is 24.4 Å². The molecule has 1 rings (SSSR count). The summed E-state index contributed by atoms with van der Waals surface area (Å²) in [5, 5.41) is 54.3. The van der Waals surface area contributed by atoms with Gasteiger partial charge in [0.25, 0.3) is 0 Å². The number of esters is 1. The van der Waals surface area contributed by atoms with Crippen LogP contribution in [0.4, 0.5) is 0 Å². The molecule has 0 aromatic rings. The number of aliphatic hydroxyl groups excluding tert-OH is 5. The van der Waals surface area contributed by atoms with E-state index in [0.717, 1.165) is 64.2 Å². The van der Waals surface area contributed by atoms with Gasteiger partial charge in [-0.25, -0.2) is 0 Å². The standard InChI is InChI=1S/C77H145NO10/c1-3-5-7-9-11-13-44-49-53-57-61-65-73(82)86-66-62-58-54-50-46-43-41-39-37-35-33-31-29-27-25-23-21-19-17-15-16-18-20-22-24-26-28-30-32-34-36-38-40-42-45-48-52-56-60-64-72(81)78-69(68-87-77-76(85)75(84)74(83)71(67-79)88-77)70(80)63-59-55-51-47-14-12-10-8-6-4-2/h6,8,14,47,59,63,69-71,74-77,79-80,83-85H,3-5,7,9-13,15-46,48-58,60-62,64-68H2,1-2H3,(H,78,81)/b8-6+,47-14+,63-59+. The van der Waals surface area contributed by atoms with Crippen LogP contribution >= 0.6 is 0 Å². The molecule has 0 aliphatic carbocycles. The number of unbranched alkanes of at least 4 members (excludes halogenated alkanes) is 50. The molecule has 0 bridgehead atoms. The molecule has 7 atom stereocenters. The van der Waals surface area contributed by atoms with Crippen LogP contribution in [0.3, 0.4) is 0 Å². The van der Waals surface area contributed by atoms with Gasteiger partial charge in [-0.1, -0.05) is 352 Å². The molecular formula is C77H145NO10. The van der Waals surface area contributed by atoms with E-state index in [2.05, 4.69) is 43.5 Å². The van der Waals surface area contributed by atoms with Crippen molar-refractivity contribution in [2.75, 3.05) is 19.8 Å². The molecule has 1 aliphatic heterocycles. The maximum Gasteiger partial charge on any atom is 0.305 e. The van der Waals surface area contributed by atoms with Crippen LogP contribution in [0.25, 0.3) is 0 Å². The number of carbonyl (C=O) groups is 2. The first-order chi connectivity index (χ1) is 43.2. The zero-order chi connectivity index (χ0) is 63.7. The van der Waals surface area contributed by atoms with Crippen LogP contribution in [0.5, 0.6) is 0 Å². The fraction of sp³-hybridized carbons (Fsp3) is 0.896. The normalized spacial score (nSPS) is 17.9. The van der Waals surface area contributed by atoms with E-state index in [1.807, 2.05) is 6.08 Å². The first kappa shape index (κ1) is 83.9. The molecule has 6 N–H and O–H groups in total. The predicted octanol–water partition coefficient (Wildman–Crippen LogP) is 20.1. The van der Waals surface area contributed by atoms with E-state index in [1.54, 1.807) is 6.08 Å². The van der Waals surface area contributed by atoms with Gasteiger partial charge < -0.3 is 45.1 Å². The first-order valence-corrected chi connectivity index (χ1v) is 38.3. The molecule has 0 saturated carbocycles. The molecule has 1 fully saturated rings. The molecule has 0 aromatic carbocycles. The fourth-order valence-corrected chi connectivity index (χ4v) is 12.3. The van der Waals surface area contributed by atoms with Gasteiger partial charge in [0.15, 0.2) is 6.29 Å². The molecule has 0 aromatic heterocycles. The van der Waals surface area contributed by atoms with Crippen molar-refractivity contribution >= 4 is 11.9 Å². The van der Waals surface area contributed by atoms with Crippen molar-refractivity contribution < 1.29 is 49.3 Å². The fourth-order valence-electron chi connectivity index (χ4n) is 12.3. The molecule has 7 unspecified atom stereocenters. The monoisotopic (exact) mass is 1240 g/mol. The third-order valence-electron chi connectivity index (χ3n) is 18.2. The van der Waals surface area contributed by atoms with E-state index in [4.69, 9.17) is 14.2 Å². The SMILES string of the molecule is CC/C=C/CC/C=C/CC/C=C/C(O)C(COC1OC(CO)C(O)C(O)C1O)NC(=O)CCCCCCCCCCCCCCCCCCCCCCCCCCCCCCCCCCCCCCCCCOC(=O)CCCCCCCCCCCCC. The summed E-state index contributed by atoms with van der Waals surface area (Å²) < 4.78 is 16.7. The highest BCUT2D eigenvalue weighted by atomic mass is 16.7. The number of amides is 1. The van der Waals surface area contributed by atoms with Crippen LogP contribution in [0.2, 0.25) is 0 Å². The third kappa shape index (κ3) is 54.4. The molecule has 11 heteroatoms. The van der Waals surface area contributed by atoms with Crippen LogP contribution in [0, 0.1) is 0 Å². The Labute approximate surface area is 543 Å². The van der Waals surface area contributed by atoms with Gasteiger partial charge in [0.2, 0.25) is 5.91 Å². The summed E-state index contributed by atoms with van der Waals surface area (Å²) in [5.41, 5.74) is 0. The van der Waals surface area contributed by atoms with Gasteiger partial charge >= 0.3 is 5.97 Å². The smallest absolute Gasteiger partial charge is 0.305 e. The zero-order valence-corrected chi connectivity index (χ0v) is 57.7. The average Bonchev–Trinajstić information content (AvgIpc) is 3.12. The molecule has 0 radical (unpaired) electrons. The molecule has 1 aliphatic rings. The highest BCUT2D eigenvalue weighted by Crippen LogP contribution is 2.24. The summed E-state index contributed by atoms with van der Waals surface area (Å²) in [6.07, 6.45) is 76.3. The lowest BCUT2D eigenvalue weighted by Gasteiger charge is -2.40. The van der Waals surface area contributed by atoms with Crippen molar-refractivity contribution in [3.63, 3.8) is 0 Å². The minimum absolute atomic E-state index is 0.0182. The Hall–Kier alpha value is -2.12. The second-order valence-corrected chi connectivity index (χ2v) is 26.7. The number of carbonyl (C=O) groups excluding carboxylic acids is 2. The summed E-state index contributed by atoms with van der Waals surface area (Å²) in [6.45, 7) is 4.24. The zero-order valence-electron chi connectivity index (χ0n) is 57.7. The third-order valence-corrected chi connectivity index (χ3v) is 18.2. The molecule has 11 nitrogen and oxygen atoms in total. The minimum Gasteiger partial charge on any atom is -0.466 e. The summed E-state index contributed by atoms with van der Waals surface area (Å²) in [5.74, 6) is -0.173. The molecule has 1 saturated heterocycles. The lowest BCUT2D eigenvalue weighted by atomic mass is 9.99. The number of hydrogen-bond acceptors (Lipinski definition) is 10. The predicted molar refractivity (Wildman–Crippen MR) is 371 cm³/mol. The van der Waals surface area contributed by atoms with Gasteiger partial charge in [-0.2, -0.15) is 0 Å². The van der Waals surface area contributed by atoms with Crippen molar-refractivity contribution in [1.29, 1.82) is 0 Å². The van der Waals surface area contributed by atoms with E-state index in [1.165, 1.54) is 289 Å². The lowest BCUT2D eigenvalue weighted by molar-refractivity contribution is -0.302. The highest BCUT2D eigenvalue weighted by molar-refractivity contribution is 5.76. The Morgan fingerprint density at radius 2 is 0.750 bits per heavy atom. The maximum absolute atomic E-state index is 13.0. The Bertz CT molecular complexity index is 1560. The topological polar surface area (TPSA) is 175 Å². The molecule has 0 spiro atoms. The molecule has 1 heterocycles. The number of rotatable bonds is 68. The van der Waals surface area contributed by atoms with Gasteiger partial charge in [0, 0.05) is 12.8 Å². The van der Waals surface area contributed by atoms with E-state index < -0.39 is 49.5 Å². The highest BCUT2D eigenvalue weighted by Gasteiger charge is 2.44. The van der Waals surface area contributed by atoms with Gasteiger partial charge in [-0.15, -0.1) is 0 Å². The van der Waals surface area contributed by atoms with Crippen molar-refractivity contribution in [3.05, 3.63) is 36.5 Å². The van der Waals surface area contributed by atoms with E-state index in [9.17, 15) is 35.1 Å². The van der Waals surface area contributed by atoms with Gasteiger partial charge in [-0.3, -0.25) is 9.59 Å². The number of hydrogen-bond donors (Lipinski definition) is 6. The van der Waals surface area contributed by atoms with Crippen LogP contribution in [-0.4, -0.2) is 100 Å². The van der Waals surface area contributed by atoms with E-state index in [-0.39, 0.29) is 18.5 Å². The van der Waals surface area contributed by atoms with Crippen LogP contribution in [0.15, 0.2) is 36.5 Å². The summed E-state index contributed by atoms with van der Waals surface area (Å²) in [4.78, 5) is 25.1. The van der Waals surface area contributed by atoms with Crippen molar-refractivity contribution in [2.24, 2.45) is 0 Å². The van der Waals surface area contributed by atoms with Crippen molar-refractivity contribution in [1.82, 2.24) is 5.32 Å². The Morgan fingerprint density at radius 1 is 0.420 bits per heavy atom. The van der Waals surface area contributed by atoms with Crippen molar-refractivity contribution in [3.8, 4) is 0 Å². The van der Waals surface area contributed by atoms with Crippen LogP contribution in [0.1, 0.15) is 380 Å². The summed E-state index contributed by atoms with van der Waals surface area (Å²) in [6, 6.07) is -0.829. The lowest BCUT2D eigenvalue weighted by Crippen LogP contribution is -2.60. The summed E-state index contributed by atoms with van der Waals surface area (Å²) in [7, 11) is 0. The molecule has 518 valence electrons. The number of aliphatic hydroxyl groups is 5. The Morgan fingerprint density at radius 3 is 1.11 bits per heavy atom. The second kappa shape index (κ2) is 66.3. The van der Waals surface area contributed by atoms with Crippen LogP contribution in [-0.2, 0) is 23.8 Å². The number of allylic oxidation sites excluding steroid dienone is 5. The molecule has 88 heavy (non-hydrogen) atoms. The Balaban J connectivity index is 1.86. The van der Waals surface area contributed by atoms with E-state index >= 15 is 0 Å². The first-order valence-electron chi connectivity index (χ1n) is 38.3. The second-order valence-electron chi connectivity index (χ2n) is 26.7. The maximum atomic E-state index is 13.0. The Kier molecular flexibility index (Phi) is 63.2. The van der Waals surface area contributed by atoms with Crippen molar-refractivity contribution in [2.45, 2.75) is 423 Å². The van der Waals surface area contributed by atoms with E-state index in [0.29, 0.717) is 19.4 Å². The number of ether oxygens (including phenoxy) is 3. The summed E-state index contributed by atoms with van der Waals surface area (Å²) >= 11 is 0. The van der Waals surface area contributed by atoms with Gasteiger partial charge in [0.05, 0.1) is 32.0 Å². The number of nitrogens with one attached hydrogen (secondary N) is 1. The molecule has 1 amide bonds. The van der Waals surface area contributed by atoms with Crippen LogP contribution < -0.4 is 5.32 Å². The molecular weight excluding hydrogens is 1100 g/mol. The quantitative estimate of drug-likeness (QED) is 0.0195.